The fourth-order valence-electron chi connectivity index (χ4n) is 5.20. The molecule has 1 saturated heterocycles. The monoisotopic (exact) mass is 696 g/mol. The summed E-state index contributed by atoms with van der Waals surface area (Å²) in [7, 11) is 0. The lowest BCUT2D eigenvalue weighted by atomic mass is 10.1. The van der Waals surface area contributed by atoms with E-state index in [1.165, 1.54) is 12.1 Å². The first-order valence-electron chi connectivity index (χ1n) is 16.0. The van der Waals surface area contributed by atoms with Gasteiger partial charge >= 0.3 is 18.4 Å². The second kappa shape index (κ2) is 14.3. The van der Waals surface area contributed by atoms with Gasteiger partial charge in [0.05, 0.1) is 18.3 Å². The Morgan fingerprint density at radius 2 is 1.62 bits per heavy atom. The van der Waals surface area contributed by atoms with E-state index < -0.39 is 35.1 Å². The van der Waals surface area contributed by atoms with Crippen molar-refractivity contribution >= 4 is 18.1 Å². The van der Waals surface area contributed by atoms with E-state index in [0.29, 0.717) is 42.5 Å². The Morgan fingerprint density at radius 1 is 0.960 bits per heavy atom. The van der Waals surface area contributed by atoms with Gasteiger partial charge in [-0.3, -0.25) is 5.32 Å². The van der Waals surface area contributed by atoms with Crippen molar-refractivity contribution in [3.05, 3.63) is 71.7 Å². The van der Waals surface area contributed by atoms with Gasteiger partial charge in [0.15, 0.2) is 0 Å². The first kappa shape index (κ1) is 36.0. The third kappa shape index (κ3) is 9.89. The lowest BCUT2D eigenvalue weighted by molar-refractivity contribution is -0.137. The highest BCUT2D eigenvalue weighted by Crippen LogP contribution is 2.31. The van der Waals surface area contributed by atoms with Gasteiger partial charge in [0, 0.05) is 30.1 Å². The van der Waals surface area contributed by atoms with E-state index in [0.717, 1.165) is 36.1 Å². The zero-order valence-corrected chi connectivity index (χ0v) is 28.6. The summed E-state index contributed by atoms with van der Waals surface area (Å²) in [6.07, 6.45) is -2.51. The molecule has 266 valence electrons. The summed E-state index contributed by atoms with van der Waals surface area (Å²) in [5.41, 5.74) is 0.334. The van der Waals surface area contributed by atoms with Gasteiger partial charge in [-0.15, -0.1) is 10.1 Å². The van der Waals surface area contributed by atoms with Crippen LogP contribution >= 0.6 is 0 Å². The Hall–Kier alpha value is -5.28. The average Bonchev–Trinajstić information content (AvgIpc) is 3.77. The first-order valence-corrected chi connectivity index (χ1v) is 16.0. The molecule has 2 aromatic heterocycles. The smallest absolute Gasteiger partial charge is 0.437 e. The number of likely N-dealkylation sites (tertiary alicyclic amines) is 1. The van der Waals surface area contributed by atoms with E-state index in [1.54, 1.807) is 57.3 Å². The lowest BCUT2D eigenvalue weighted by Crippen LogP contribution is -2.49. The van der Waals surface area contributed by atoms with Gasteiger partial charge in [-0.05, 0) is 72.1 Å². The van der Waals surface area contributed by atoms with Crippen molar-refractivity contribution in [1.82, 2.24) is 35.4 Å². The Bertz CT molecular complexity index is 1820. The normalized spacial score (nSPS) is 15.7. The number of alkyl halides is 3. The molecule has 1 aliphatic rings. The Kier molecular flexibility index (Phi) is 10.3. The van der Waals surface area contributed by atoms with Crippen LogP contribution in [-0.4, -0.2) is 72.0 Å². The molecule has 0 radical (unpaired) electrons. The van der Waals surface area contributed by atoms with E-state index >= 15 is 0 Å². The third-order valence-corrected chi connectivity index (χ3v) is 7.33. The highest BCUT2D eigenvalue weighted by molar-refractivity contribution is 5.99. The van der Waals surface area contributed by atoms with Crippen LogP contribution in [-0.2, 0) is 28.6 Å². The molecular formula is C34H39F3N8O5. The second-order valence-corrected chi connectivity index (χ2v) is 13.8. The van der Waals surface area contributed by atoms with Crippen LogP contribution in [0, 0.1) is 0 Å². The molecule has 0 unspecified atom stereocenters. The van der Waals surface area contributed by atoms with E-state index in [9.17, 15) is 22.8 Å². The Labute approximate surface area is 286 Å². The maximum Gasteiger partial charge on any atom is 0.437 e. The Morgan fingerprint density at radius 3 is 2.26 bits per heavy atom. The molecule has 5 rings (SSSR count). The molecule has 16 heteroatoms. The quantitative estimate of drug-likeness (QED) is 0.167. The van der Waals surface area contributed by atoms with Crippen LogP contribution in [0.4, 0.5) is 22.8 Å². The zero-order chi connectivity index (χ0) is 36.3. The Balaban J connectivity index is 1.23. The summed E-state index contributed by atoms with van der Waals surface area (Å²) in [6.45, 7) is 11.3. The summed E-state index contributed by atoms with van der Waals surface area (Å²) < 4.78 is 56.6. The number of hydrogen-bond donors (Lipinski definition) is 1. The van der Waals surface area contributed by atoms with Crippen LogP contribution in [0.1, 0.15) is 71.4 Å². The number of halogens is 3. The molecule has 1 N–H and O–H groups in total. The van der Waals surface area contributed by atoms with Gasteiger partial charge < -0.3 is 18.9 Å². The maximum absolute atomic E-state index is 12.9. The van der Waals surface area contributed by atoms with Gasteiger partial charge in [-0.2, -0.15) is 18.2 Å². The summed E-state index contributed by atoms with van der Waals surface area (Å²) in [5, 5.41) is 15.0. The molecule has 2 amide bonds. The number of hydrogen-bond acceptors (Lipinski definition) is 9. The summed E-state index contributed by atoms with van der Waals surface area (Å²) in [5.74, 6) is 0.773. The van der Waals surface area contributed by atoms with Crippen LogP contribution in [0.5, 0.6) is 0 Å². The van der Waals surface area contributed by atoms with E-state index in [2.05, 4.69) is 30.8 Å². The fourth-order valence-corrected chi connectivity index (χ4v) is 5.20. The first-order chi connectivity index (χ1) is 23.4. The molecule has 0 aliphatic carbocycles. The fraction of sp³-hybridized carbons (Fsp3) is 0.441. The number of aromatic nitrogens is 5. The number of aliphatic imine (C=N–C) groups is 1. The number of alkyl carbamates (subject to hydrolysis) is 1. The van der Waals surface area contributed by atoms with Crippen LogP contribution in [0.3, 0.4) is 0 Å². The van der Waals surface area contributed by atoms with Gasteiger partial charge in [-0.25, -0.2) is 14.3 Å². The standard InChI is InChI=1S/C34H39F3N8O5/c1-32(2,3)48-30(46)39-29(40-31(47)49-33(4,5)6)45-17-7-8-25(45)18-27-38-28(42-50-27)23-11-9-21(10-12-23)19-44-20-26(41-43-44)22-13-15-24(16-14-22)34(35,36)37/h9-16,20,25H,7-8,17-19H2,1-6H3,(H,39,40,46,47)/t25-/m0/s1. The number of benzene rings is 2. The highest BCUT2D eigenvalue weighted by atomic mass is 19.4. The van der Waals surface area contributed by atoms with E-state index in [-0.39, 0.29) is 12.0 Å². The van der Waals surface area contributed by atoms with Crippen molar-refractivity contribution in [1.29, 1.82) is 0 Å². The number of carbonyl (C=O) groups is 2. The minimum atomic E-state index is -4.41. The molecule has 1 fully saturated rings. The molecule has 1 atom stereocenters. The van der Waals surface area contributed by atoms with Crippen LogP contribution in [0.15, 0.2) is 64.2 Å². The largest absolute Gasteiger partial charge is 0.444 e. The summed E-state index contributed by atoms with van der Waals surface area (Å²) >= 11 is 0. The van der Waals surface area contributed by atoms with Gasteiger partial charge in [0.2, 0.25) is 17.7 Å². The molecule has 13 nitrogen and oxygen atoms in total. The molecule has 0 bridgehead atoms. The number of guanidine groups is 1. The SMILES string of the molecule is CC(C)(C)OC(=O)N=C(NC(=O)OC(C)(C)C)N1CCC[C@H]1Cc1nc(-c2ccc(Cn3cc(-c4ccc(C(F)(F)F)cc4)nn3)cc2)no1. The van der Waals surface area contributed by atoms with Crippen molar-refractivity contribution < 1.29 is 36.8 Å². The summed E-state index contributed by atoms with van der Waals surface area (Å²) in [4.78, 5) is 35.8. The lowest BCUT2D eigenvalue weighted by Gasteiger charge is -2.28. The molecular weight excluding hydrogens is 657 g/mol. The van der Waals surface area contributed by atoms with Crippen molar-refractivity contribution in [2.75, 3.05) is 6.54 Å². The maximum atomic E-state index is 12.9. The number of nitrogens with zero attached hydrogens (tertiary/aromatic N) is 7. The number of nitrogens with one attached hydrogen (secondary N) is 1. The molecule has 0 saturated carbocycles. The molecule has 0 spiro atoms. The minimum Gasteiger partial charge on any atom is -0.444 e. The van der Waals surface area contributed by atoms with Crippen molar-refractivity contribution in [3.8, 4) is 22.6 Å². The number of carbonyl (C=O) groups excluding carboxylic acids is 2. The average molecular weight is 697 g/mol. The van der Waals surface area contributed by atoms with Crippen LogP contribution in [0.2, 0.25) is 0 Å². The van der Waals surface area contributed by atoms with Gasteiger partial charge in [0.25, 0.3) is 0 Å². The molecule has 4 aromatic rings. The third-order valence-electron chi connectivity index (χ3n) is 7.33. The van der Waals surface area contributed by atoms with Crippen LogP contribution < -0.4 is 5.32 Å². The second-order valence-electron chi connectivity index (χ2n) is 13.8. The van der Waals surface area contributed by atoms with Crippen LogP contribution in [0.25, 0.3) is 22.6 Å². The van der Waals surface area contributed by atoms with E-state index in [1.807, 2.05) is 24.3 Å². The zero-order valence-electron chi connectivity index (χ0n) is 28.6. The number of amides is 2. The van der Waals surface area contributed by atoms with E-state index in [4.69, 9.17) is 14.0 Å². The van der Waals surface area contributed by atoms with Crippen molar-refractivity contribution in [3.63, 3.8) is 0 Å². The van der Waals surface area contributed by atoms with Crippen molar-refractivity contribution in [2.24, 2.45) is 4.99 Å². The number of rotatable bonds is 6. The van der Waals surface area contributed by atoms with Gasteiger partial charge in [-0.1, -0.05) is 46.8 Å². The van der Waals surface area contributed by atoms with Gasteiger partial charge in [0.1, 0.15) is 16.9 Å². The molecule has 3 heterocycles. The molecule has 2 aromatic carbocycles. The predicted octanol–water partition coefficient (Wildman–Crippen LogP) is 6.88. The minimum absolute atomic E-state index is 0.0187. The summed E-state index contributed by atoms with van der Waals surface area (Å²) in [6, 6.07) is 12.0. The number of ether oxygens (including phenoxy) is 2. The highest BCUT2D eigenvalue weighted by Gasteiger charge is 2.33. The molecule has 50 heavy (non-hydrogen) atoms. The topological polar surface area (TPSA) is 150 Å². The van der Waals surface area contributed by atoms with Crippen molar-refractivity contribution in [2.45, 2.75) is 90.8 Å². The predicted molar refractivity (Wildman–Crippen MR) is 176 cm³/mol. The molecule has 1 aliphatic heterocycles.